The Bertz CT molecular complexity index is 362. The van der Waals surface area contributed by atoms with Crippen molar-refractivity contribution in [1.29, 1.82) is 0 Å². The molecule has 0 aromatic heterocycles. The summed E-state index contributed by atoms with van der Waals surface area (Å²) in [6.07, 6.45) is -0.512. The Kier molecular flexibility index (Phi) is 8.25. The first-order valence-electron chi connectivity index (χ1n) is 6.37. The second kappa shape index (κ2) is 9.44. The van der Waals surface area contributed by atoms with E-state index in [-0.39, 0.29) is 6.04 Å². The van der Waals surface area contributed by atoms with Crippen molar-refractivity contribution in [2.75, 3.05) is 33.5 Å². The highest BCUT2D eigenvalue weighted by Gasteiger charge is 2.10. The number of rotatable bonds is 9. The monoisotopic (exact) mass is 331 g/mol. The van der Waals surface area contributed by atoms with E-state index in [0.717, 1.165) is 4.47 Å². The highest BCUT2D eigenvalue weighted by molar-refractivity contribution is 9.10. The summed E-state index contributed by atoms with van der Waals surface area (Å²) in [6, 6.07) is 8.23. The SMILES string of the molecule is COCCOCC(O)CN[C@@H](C)c1ccccc1Br. The van der Waals surface area contributed by atoms with Crippen molar-refractivity contribution in [2.45, 2.75) is 19.1 Å². The number of hydrogen-bond donors (Lipinski definition) is 2. The standard InChI is InChI=1S/C14H22BrNO3/c1-11(13-5-3-4-6-14(13)15)16-9-12(17)10-19-8-7-18-2/h3-6,11-12,16-17H,7-10H2,1-2H3/t11-,12?/m0/s1. The highest BCUT2D eigenvalue weighted by atomic mass is 79.9. The van der Waals surface area contributed by atoms with Crippen molar-refractivity contribution >= 4 is 15.9 Å². The van der Waals surface area contributed by atoms with E-state index in [1.165, 1.54) is 5.56 Å². The van der Waals surface area contributed by atoms with Crippen LogP contribution in [0.15, 0.2) is 28.7 Å². The Morgan fingerprint density at radius 2 is 2.05 bits per heavy atom. The van der Waals surface area contributed by atoms with Crippen LogP contribution in [-0.4, -0.2) is 44.7 Å². The first-order chi connectivity index (χ1) is 9.15. The van der Waals surface area contributed by atoms with Gasteiger partial charge in [-0.05, 0) is 18.6 Å². The van der Waals surface area contributed by atoms with E-state index in [9.17, 15) is 5.11 Å². The normalized spacial score (nSPS) is 14.3. The summed E-state index contributed by atoms with van der Waals surface area (Å²) in [5.41, 5.74) is 1.18. The van der Waals surface area contributed by atoms with E-state index in [0.29, 0.717) is 26.4 Å². The van der Waals surface area contributed by atoms with E-state index in [1.54, 1.807) is 7.11 Å². The molecule has 19 heavy (non-hydrogen) atoms. The molecule has 0 saturated heterocycles. The van der Waals surface area contributed by atoms with Crippen LogP contribution in [0.25, 0.3) is 0 Å². The number of methoxy groups -OCH3 is 1. The van der Waals surface area contributed by atoms with Crippen molar-refractivity contribution in [1.82, 2.24) is 5.32 Å². The lowest BCUT2D eigenvalue weighted by Crippen LogP contribution is -2.32. The molecule has 0 amide bonds. The number of halogens is 1. The third-order valence-electron chi connectivity index (χ3n) is 2.77. The molecule has 0 aliphatic rings. The predicted octanol–water partition coefficient (Wildman–Crippen LogP) is 2.12. The molecular formula is C14H22BrNO3. The Labute approximate surface area is 123 Å². The molecule has 0 bridgehead atoms. The summed E-state index contributed by atoms with van der Waals surface area (Å²) in [5.74, 6) is 0. The minimum atomic E-state index is -0.512. The predicted molar refractivity (Wildman–Crippen MR) is 79.3 cm³/mol. The third kappa shape index (κ3) is 6.49. The van der Waals surface area contributed by atoms with Gasteiger partial charge in [-0.15, -0.1) is 0 Å². The van der Waals surface area contributed by atoms with Gasteiger partial charge in [0.25, 0.3) is 0 Å². The molecule has 5 heteroatoms. The number of aliphatic hydroxyl groups is 1. The summed E-state index contributed by atoms with van der Waals surface area (Å²) in [5, 5.41) is 13.1. The minimum Gasteiger partial charge on any atom is -0.389 e. The summed E-state index contributed by atoms with van der Waals surface area (Å²) in [4.78, 5) is 0. The van der Waals surface area contributed by atoms with Gasteiger partial charge < -0.3 is 19.9 Å². The molecule has 0 radical (unpaired) electrons. The molecule has 1 aromatic carbocycles. The Morgan fingerprint density at radius 3 is 2.74 bits per heavy atom. The van der Waals surface area contributed by atoms with Crippen molar-refractivity contribution in [3.8, 4) is 0 Å². The molecule has 0 aliphatic carbocycles. The molecule has 4 nitrogen and oxygen atoms in total. The fourth-order valence-electron chi connectivity index (χ4n) is 1.67. The first-order valence-corrected chi connectivity index (χ1v) is 7.17. The molecule has 0 saturated carbocycles. The third-order valence-corrected chi connectivity index (χ3v) is 3.50. The van der Waals surface area contributed by atoms with Gasteiger partial charge in [-0.25, -0.2) is 0 Å². The molecular weight excluding hydrogens is 310 g/mol. The summed E-state index contributed by atoms with van der Waals surface area (Å²) >= 11 is 3.52. The van der Waals surface area contributed by atoms with Crippen molar-refractivity contribution in [3.05, 3.63) is 34.3 Å². The van der Waals surface area contributed by atoms with Gasteiger partial charge in [0.15, 0.2) is 0 Å². The van der Waals surface area contributed by atoms with Gasteiger partial charge in [-0.1, -0.05) is 34.1 Å². The van der Waals surface area contributed by atoms with E-state index < -0.39 is 6.10 Å². The fraction of sp³-hybridized carbons (Fsp3) is 0.571. The van der Waals surface area contributed by atoms with Crippen LogP contribution in [-0.2, 0) is 9.47 Å². The van der Waals surface area contributed by atoms with Gasteiger partial charge in [0.1, 0.15) is 0 Å². The second-order valence-corrected chi connectivity index (χ2v) is 5.23. The Morgan fingerprint density at radius 1 is 1.32 bits per heavy atom. The smallest absolute Gasteiger partial charge is 0.0897 e. The van der Waals surface area contributed by atoms with Crippen LogP contribution < -0.4 is 5.32 Å². The maximum absolute atomic E-state index is 9.77. The lowest BCUT2D eigenvalue weighted by Gasteiger charge is -2.18. The van der Waals surface area contributed by atoms with E-state index in [1.807, 2.05) is 18.2 Å². The number of nitrogens with one attached hydrogen (secondary N) is 1. The van der Waals surface area contributed by atoms with E-state index in [2.05, 4.69) is 34.2 Å². The molecule has 0 spiro atoms. The average Bonchev–Trinajstić information content (AvgIpc) is 2.41. The lowest BCUT2D eigenvalue weighted by atomic mass is 10.1. The zero-order chi connectivity index (χ0) is 14.1. The maximum Gasteiger partial charge on any atom is 0.0897 e. The molecule has 0 heterocycles. The van der Waals surface area contributed by atoms with E-state index in [4.69, 9.17) is 9.47 Å². The number of ether oxygens (including phenoxy) is 2. The number of hydrogen-bond acceptors (Lipinski definition) is 4. The molecule has 108 valence electrons. The average molecular weight is 332 g/mol. The van der Waals surface area contributed by atoms with Crippen LogP contribution in [0.4, 0.5) is 0 Å². The fourth-order valence-corrected chi connectivity index (χ4v) is 2.30. The quantitative estimate of drug-likeness (QED) is 0.680. The maximum atomic E-state index is 9.77. The van der Waals surface area contributed by atoms with Crippen molar-refractivity contribution in [2.24, 2.45) is 0 Å². The second-order valence-electron chi connectivity index (χ2n) is 4.37. The van der Waals surface area contributed by atoms with Gasteiger partial charge in [0, 0.05) is 24.2 Å². The zero-order valence-electron chi connectivity index (χ0n) is 11.4. The van der Waals surface area contributed by atoms with Gasteiger partial charge in [0.05, 0.1) is 25.9 Å². The zero-order valence-corrected chi connectivity index (χ0v) is 13.0. The minimum absolute atomic E-state index is 0.171. The van der Waals surface area contributed by atoms with E-state index >= 15 is 0 Å². The molecule has 1 unspecified atom stereocenters. The Balaban J connectivity index is 2.26. The van der Waals surface area contributed by atoms with Crippen molar-refractivity contribution < 1.29 is 14.6 Å². The Hall–Kier alpha value is -0.460. The highest BCUT2D eigenvalue weighted by Crippen LogP contribution is 2.22. The first kappa shape index (κ1) is 16.6. The molecule has 1 rings (SSSR count). The van der Waals surface area contributed by atoms with Crippen LogP contribution in [0.5, 0.6) is 0 Å². The van der Waals surface area contributed by atoms with Gasteiger partial charge >= 0.3 is 0 Å². The molecule has 2 atom stereocenters. The molecule has 0 aliphatic heterocycles. The number of aliphatic hydroxyl groups excluding tert-OH is 1. The van der Waals surface area contributed by atoms with Gasteiger partial charge in [-0.2, -0.15) is 0 Å². The number of benzene rings is 1. The summed E-state index contributed by atoms with van der Waals surface area (Å²) < 4.78 is 11.2. The van der Waals surface area contributed by atoms with Crippen LogP contribution in [0.3, 0.4) is 0 Å². The topological polar surface area (TPSA) is 50.7 Å². The van der Waals surface area contributed by atoms with Crippen LogP contribution >= 0.6 is 15.9 Å². The molecule has 0 fully saturated rings. The molecule has 2 N–H and O–H groups in total. The summed E-state index contributed by atoms with van der Waals surface area (Å²) in [7, 11) is 1.63. The van der Waals surface area contributed by atoms with Crippen molar-refractivity contribution in [3.63, 3.8) is 0 Å². The van der Waals surface area contributed by atoms with Crippen LogP contribution in [0, 0.1) is 0 Å². The van der Waals surface area contributed by atoms with Crippen LogP contribution in [0.1, 0.15) is 18.5 Å². The summed E-state index contributed by atoms with van der Waals surface area (Å²) in [6.45, 7) is 3.94. The van der Waals surface area contributed by atoms with Gasteiger partial charge in [0.2, 0.25) is 0 Å². The largest absolute Gasteiger partial charge is 0.389 e. The lowest BCUT2D eigenvalue weighted by molar-refractivity contribution is 0.0130. The van der Waals surface area contributed by atoms with Crippen LogP contribution in [0.2, 0.25) is 0 Å². The van der Waals surface area contributed by atoms with Gasteiger partial charge in [-0.3, -0.25) is 0 Å². The molecule has 1 aromatic rings.